The second-order valence-corrected chi connectivity index (χ2v) is 7.57. The first kappa shape index (κ1) is 20.0. The van der Waals surface area contributed by atoms with Crippen molar-refractivity contribution in [2.24, 2.45) is 0 Å². The fraction of sp³-hybridized carbons (Fsp3) is 0.684. The van der Waals surface area contributed by atoms with E-state index in [9.17, 15) is 4.79 Å². The van der Waals surface area contributed by atoms with Crippen molar-refractivity contribution < 1.29 is 18.7 Å². The van der Waals surface area contributed by atoms with E-state index in [0.717, 1.165) is 31.8 Å². The van der Waals surface area contributed by atoms with Crippen LogP contribution in [0.2, 0.25) is 0 Å². The smallest absolute Gasteiger partial charge is 0.257 e. The van der Waals surface area contributed by atoms with Crippen LogP contribution in [0.15, 0.2) is 16.7 Å². The molecular weight excluding hydrogens is 376 g/mol. The summed E-state index contributed by atoms with van der Waals surface area (Å²) in [5.74, 6) is 1.42. The zero-order valence-electron chi connectivity index (χ0n) is 17.0. The molecule has 1 amide bonds. The van der Waals surface area contributed by atoms with Gasteiger partial charge in [0.1, 0.15) is 11.3 Å². The Bertz CT molecular complexity index is 830. The van der Waals surface area contributed by atoms with E-state index in [1.54, 1.807) is 19.4 Å². The van der Waals surface area contributed by atoms with Gasteiger partial charge in [0.25, 0.3) is 5.91 Å². The third kappa shape index (κ3) is 3.79. The van der Waals surface area contributed by atoms with Gasteiger partial charge in [-0.2, -0.15) is 0 Å². The van der Waals surface area contributed by atoms with E-state index < -0.39 is 5.54 Å². The number of likely N-dealkylation sites (tertiary alicyclic amines) is 1. The number of methoxy groups -OCH3 is 1. The van der Waals surface area contributed by atoms with Crippen LogP contribution in [0, 0.1) is 6.92 Å². The third-order valence-electron chi connectivity index (χ3n) is 5.92. The maximum atomic E-state index is 13.2. The lowest BCUT2D eigenvalue weighted by Crippen LogP contribution is -2.61. The molecule has 0 saturated carbocycles. The van der Waals surface area contributed by atoms with Crippen molar-refractivity contribution in [3.63, 3.8) is 0 Å². The molecule has 1 atom stereocenters. The first-order valence-electron chi connectivity index (χ1n) is 10.1. The van der Waals surface area contributed by atoms with Gasteiger partial charge >= 0.3 is 0 Å². The summed E-state index contributed by atoms with van der Waals surface area (Å²) >= 11 is 0. The number of aromatic nitrogens is 4. The highest BCUT2D eigenvalue weighted by atomic mass is 16.5. The minimum Gasteiger partial charge on any atom is -0.469 e. The zero-order valence-corrected chi connectivity index (χ0v) is 17.0. The van der Waals surface area contributed by atoms with E-state index in [1.165, 1.54) is 0 Å². The van der Waals surface area contributed by atoms with Crippen LogP contribution in [-0.4, -0.2) is 89.0 Å². The number of morpholine rings is 1. The molecule has 10 nitrogen and oxygen atoms in total. The molecule has 4 rings (SSSR count). The number of piperidine rings is 1. The van der Waals surface area contributed by atoms with E-state index >= 15 is 0 Å². The normalized spacial score (nSPS) is 23.4. The molecule has 29 heavy (non-hydrogen) atoms. The van der Waals surface area contributed by atoms with Gasteiger partial charge in [-0.3, -0.25) is 9.69 Å². The van der Waals surface area contributed by atoms with Crippen LogP contribution in [0.1, 0.15) is 34.8 Å². The summed E-state index contributed by atoms with van der Waals surface area (Å²) in [6.45, 7) is 7.03. The van der Waals surface area contributed by atoms with Crippen molar-refractivity contribution in [3.8, 4) is 0 Å². The maximum absolute atomic E-state index is 13.2. The van der Waals surface area contributed by atoms with Gasteiger partial charge in [-0.25, -0.2) is 4.68 Å². The van der Waals surface area contributed by atoms with E-state index in [4.69, 9.17) is 13.9 Å². The fourth-order valence-electron chi connectivity index (χ4n) is 4.43. The molecular formula is C19H28N6O4. The van der Waals surface area contributed by atoms with Gasteiger partial charge < -0.3 is 18.8 Å². The molecule has 1 unspecified atom stereocenters. The Morgan fingerprint density at radius 3 is 2.86 bits per heavy atom. The summed E-state index contributed by atoms with van der Waals surface area (Å²) in [6, 6.07) is 1.74. The predicted octanol–water partition coefficient (Wildman–Crippen LogP) is 0.685. The molecule has 4 heterocycles. The van der Waals surface area contributed by atoms with Crippen molar-refractivity contribution in [3.05, 3.63) is 29.5 Å². The number of rotatable bonds is 6. The lowest BCUT2D eigenvalue weighted by Gasteiger charge is -2.49. The van der Waals surface area contributed by atoms with Crippen LogP contribution >= 0.6 is 0 Å². The summed E-state index contributed by atoms with van der Waals surface area (Å²) in [4.78, 5) is 17.5. The Balaban J connectivity index is 1.68. The second kappa shape index (κ2) is 8.60. The standard InChI is InChI=1S/C19H28N6O4/c1-15-16(4-10-29-15)17(26)23-6-3-5-19(14-23,24-7-12-28-13-8-24)18-20-21-22-25(18)9-11-27-2/h4,10H,3,5-9,11-14H2,1-2H3. The molecule has 0 N–H and O–H groups in total. The molecule has 0 bridgehead atoms. The van der Waals surface area contributed by atoms with Gasteiger partial charge in [-0.1, -0.05) is 0 Å². The minimum atomic E-state index is -0.452. The molecule has 2 aliphatic heterocycles. The number of aryl methyl sites for hydroxylation is 1. The molecule has 0 spiro atoms. The largest absolute Gasteiger partial charge is 0.469 e. The van der Waals surface area contributed by atoms with Crippen LogP contribution in [0.5, 0.6) is 0 Å². The van der Waals surface area contributed by atoms with Crippen LogP contribution in [0.4, 0.5) is 0 Å². The summed E-state index contributed by atoms with van der Waals surface area (Å²) in [6.07, 6.45) is 3.32. The molecule has 0 radical (unpaired) electrons. The van der Waals surface area contributed by atoms with E-state index in [2.05, 4.69) is 20.4 Å². The van der Waals surface area contributed by atoms with Crippen LogP contribution in [-0.2, 0) is 21.6 Å². The van der Waals surface area contributed by atoms with Crippen LogP contribution < -0.4 is 0 Å². The minimum absolute atomic E-state index is 0.00972. The van der Waals surface area contributed by atoms with Gasteiger partial charge in [0.15, 0.2) is 5.82 Å². The lowest BCUT2D eigenvalue weighted by molar-refractivity contribution is -0.0573. The van der Waals surface area contributed by atoms with Crippen molar-refractivity contribution in [2.45, 2.75) is 31.8 Å². The second-order valence-electron chi connectivity index (χ2n) is 7.57. The molecule has 0 aliphatic carbocycles. The van der Waals surface area contributed by atoms with E-state index in [1.807, 2.05) is 16.5 Å². The monoisotopic (exact) mass is 404 g/mol. The summed E-state index contributed by atoms with van der Waals surface area (Å²) in [5.41, 5.74) is 0.161. The van der Waals surface area contributed by atoms with Crippen molar-refractivity contribution >= 4 is 5.91 Å². The topological polar surface area (TPSA) is 98.7 Å². The Labute approximate surface area is 169 Å². The molecule has 0 aromatic carbocycles. The number of carbonyl (C=O) groups is 1. The third-order valence-corrected chi connectivity index (χ3v) is 5.92. The Kier molecular flexibility index (Phi) is 5.93. The Morgan fingerprint density at radius 2 is 2.14 bits per heavy atom. The lowest BCUT2D eigenvalue weighted by atomic mass is 9.85. The first-order chi connectivity index (χ1) is 14.2. The van der Waals surface area contributed by atoms with Crippen LogP contribution in [0.3, 0.4) is 0 Å². The number of carbonyl (C=O) groups excluding carboxylic acids is 1. The van der Waals surface area contributed by atoms with Crippen molar-refractivity contribution in [1.82, 2.24) is 30.0 Å². The highest BCUT2D eigenvalue weighted by molar-refractivity contribution is 5.95. The summed E-state index contributed by atoms with van der Waals surface area (Å²) in [5, 5.41) is 12.6. The molecule has 10 heteroatoms. The maximum Gasteiger partial charge on any atom is 0.257 e. The molecule has 2 saturated heterocycles. The number of hydrogen-bond acceptors (Lipinski definition) is 8. The number of hydrogen-bond donors (Lipinski definition) is 0. The number of furan rings is 1. The molecule has 2 aromatic heterocycles. The quantitative estimate of drug-likeness (QED) is 0.693. The van der Waals surface area contributed by atoms with Gasteiger partial charge in [0.05, 0.1) is 38.2 Å². The molecule has 158 valence electrons. The van der Waals surface area contributed by atoms with Gasteiger partial charge in [0.2, 0.25) is 0 Å². The van der Waals surface area contributed by atoms with Crippen molar-refractivity contribution in [2.75, 3.05) is 53.1 Å². The number of tetrazole rings is 1. The Hall–Kier alpha value is -2.30. The highest BCUT2D eigenvalue weighted by Gasteiger charge is 2.47. The number of amides is 1. The number of nitrogens with zero attached hydrogens (tertiary/aromatic N) is 6. The average molecular weight is 404 g/mol. The summed E-state index contributed by atoms with van der Waals surface area (Å²) < 4.78 is 18.0. The SMILES string of the molecule is COCCn1nnnc1C1(N2CCOCC2)CCCN(C(=O)c2ccoc2C)C1. The first-order valence-corrected chi connectivity index (χ1v) is 10.1. The van der Waals surface area contributed by atoms with Crippen molar-refractivity contribution in [1.29, 1.82) is 0 Å². The number of ether oxygens (including phenoxy) is 2. The van der Waals surface area contributed by atoms with Gasteiger partial charge in [-0.15, -0.1) is 5.10 Å². The summed E-state index contributed by atoms with van der Waals surface area (Å²) in [7, 11) is 1.66. The molecule has 2 aliphatic rings. The van der Waals surface area contributed by atoms with Gasteiger partial charge in [0, 0.05) is 33.3 Å². The molecule has 2 fully saturated rings. The van der Waals surface area contributed by atoms with E-state index in [-0.39, 0.29) is 5.91 Å². The van der Waals surface area contributed by atoms with E-state index in [0.29, 0.717) is 50.8 Å². The fourth-order valence-corrected chi connectivity index (χ4v) is 4.43. The zero-order chi connectivity index (χ0) is 20.3. The predicted molar refractivity (Wildman–Crippen MR) is 102 cm³/mol. The van der Waals surface area contributed by atoms with Crippen LogP contribution in [0.25, 0.3) is 0 Å². The average Bonchev–Trinajstić information content (AvgIpc) is 3.41. The molecule has 2 aromatic rings. The van der Waals surface area contributed by atoms with Gasteiger partial charge in [-0.05, 0) is 36.3 Å². The Morgan fingerprint density at radius 1 is 1.31 bits per heavy atom. The highest BCUT2D eigenvalue weighted by Crippen LogP contribution is 2.37.